The van der Waals surface area contributed by atoms with E-state index in [1.54, 1.807) is 14.2 Å². The molecule has 0 saturated carbocycles. The largest absolute Gasteiger partial charge is 0.493 e. The van der Waals surface area contributed by atoms with Crippen LogP contribution < -0.4 is 15.2 Å². The zero-order valence-corrected chi connectivity index (χ0v) is 13.5. The molecule has 0 fully saturated rings. The van der Waals surface area contributed by atoms with Gasteiger partial charge in [0.05, 0.1) is 14.2 Å². The van der Waals surface area contributed by atoms with Gasteiger partial charge in [0, 0.05) is 5.69 Å². The molecule has 21 heavy (non-hydrogen) atoms. The second-order valence-electron chi connectivity index (χ2n) is 5.35. The Morgan fingerprint density at radius 3 is 2.00 bits per heavy atom. The van der Waals surface area contributed by atoms with Gasteiger partial charge in [0.1, 0.15) is 0 Å². The van der Waals surface area contributed by atoms with Crippen molar-refractivity contribution in [1.29, 1.82) is 0 Å². The molecule has 0 aliphatic carbocycles. The standard InChI is InChI=1S/C18H25NO2/c1-5-7-13-14(8-6-2)16(19)9-12-10-17(20-3)18(21-4)11-15(12)13/h9-11H,5-8,19H2,1-4H3. The van der Waals surface area contributed by atoms with Gasteiger partial charge in [-0.05, 0) is 52.9 Å². The highest BCUT2D eigenvalue weighted by Gasteiger charge is 2.14. The number of benzene rings is 2. The van der Waals surface area contributed by atoms with Crippen LogP contribution in [0.25, 0.3) is 10.8 Å². The monoisotopic (exact) mass is 287 g/mol. The lowest BCUT2D eigenvalue weighted by Crippen LogP contribution is -2.02. The van der Waals surface area contributed by atoms with Crippen molar-refractivity contribution in [3.63, 3.8) is 0 Å². The molecule has 0 bridgehead atoms. The van der Waals surface area contributed by atoms with Crippen LogP contribution in [0.5, 0.6) is 11.5 Å². The quantitative estimate of drug-likeness (QED) is 0.804. The predicted molar refractivity (Wildman–Crippen MR) is 89.5 cm³/mol. The van der Waals surface area contributed by atoms with E-state index in [9.17, 15) is 0 Å². The molecule has 0 aliphatic rings. The van der Waals surface area contributed by atoms with E-state index in [-0.39, 0.29) is 0 Å². The maximum absolute atomic E-state index is 6.29. The van der Waals surface area contributed by atoms with Crippen molar-refractivity contribution in [3.8, 4) is 11.5 Å². The molecule has 0 aromatic heterocycles. The van der Waals surface area contributed by atoms with E-state index in [1.807, 2.05) is 6.07 Å². The first-order valence-electron chi connectivity index (χ1n) is 7.62. The van der Waals surface area contributed by atoms with Crippen LogP contribution >= 0.6 is 0 Å². The zero-order chi connectivity index (χ0) is 15.4. The van der Waals surface area contributed by atoms with Gasteiger partial charge in [-0.25, -0.2) is 0 Å². The third-order valence-corrected chi connectivity index (χ3v) is 3.90. The highest BCUT2D eigenvalue weighted by molar-refractivity contribution is 5.93. The lowest BCUT2D eigenvalue weighted by Gasteiger charge is -2.17. The zero-order valence-electron chi connectivity index (χ0n) is 13.5. The van der Waals surface area contributed by atoms with Crippen LogP contribution in [0.2, 0.25) is 0 Å². The van der Waals surface area contributed by atoms with E-state index in [1.165, 1.54) is 16.5 Å². The summed E-state index contributed by atoms with van der Waals surface area (Å²) in [7, 11) is 3.33. The molecular weight excluding hydrogens is 262 g/mol. The van der Waals surface area contributed by atoms with Crippen molar-refractivity contribution in [3.05, 3.63) is 29.3 Å². The molecule has 2 rings (SSSR count). The van der Waals surface area contributed by atoms with Crippen molar-refractivity contribution in [2.45, 2.75) is 39.5 Å². The van der Waals surface area contributed by atoms with Crippen molar-refractivity contribution in [2.24, 2.45) is 0 Å². The molecule has 3 nitrogen and oxygen atoms in total. The van der Waals surface area contributed by atoms with Gasteiger partial charge in [0.15, 0.2) is 11.5 Å². The smallest absolute Gasteiger partial charge is 0.161 e. The topological polar surface area (TPSA) is 44.5 Å². The lowest BCUT2D eigenvalue weighted by molar-refractivity contribution is 0.356. The van der Waals surface area contributed by atoms with Crippen LogP contribution in [0.15, 0.2) is 18.2 Å². The minimum absolute atomic E-state index is 0.745. The number of nitrogen functional groups attached to an aromatic ring is 1. The minimum atomic E-state index is 0.745. The van der Waals surface area contributed by atoms with Crippen LogP contribution in [0, 0.1) is 0 Å². The van der Waals surface area contributed by atoms with Gasteiger partial charge in [-0.1, -0.05) is 26.7 Å². The Morgan fingerprint density at radius 1 is 0.857 bits per heavy atom. The minimum Gasteiger partial charge on any atom is -0.493 e. The number of fused-ring (bicyclic) bond motifs is 1. The van der Waals surface area contributed by atoms with Crippen LogP contribution in [0.1, 0.15) is 37.8 Å². The molecule has 0 heterocycles. The Balaban J connectivity index is 2.77. The summed E-state index contributed by atoms with van der Waals surface area (Å²) in [6.07, 6.45) is 4.25. The Labute approximate surface area is 127 Å². The van der Waals surface area contributed by atoms with E-state index in [2.05, 4.69) is 26.0 Å². The summed E-state index contributed by atoms with van der Waals surface area (Å²) in [6, 6.07) is 6.15. The molecule has 2 N–H and O–H groups in total. The first-order chi connectivity index (χ1) is 10.2. The summed E-state index contributed by atoms with van der Waals surface area (Å²) in [5.74, 6) is 1.52. The first-order valence-corrected chi connectivity index (χ1v) is 7.62. The van der Waals surface area contributed by atoms with Crippen molar-refractivity contribution < 1.29 is 9.47 Å². The van der Waals surface area contributed by atoms with Gasteiger partial charge in [0.25, 0.3) is 0 Å². The Hall–Kier alpha value is -1.90. The maximum Gasteiger partial charge on any atom is 0.161 e. The SMILES string of the molecule is CCCc1c(N)cc2cc(OC)c(OC)cc2c1CCC. The summed E-state index contributed by atoms with van der Waals surface area (Å²) < 4.78 is 10.8. The molecule has 0 radical (unpaired) electrons. The Morgan fingerprint density at radius 2 is 1.43 bits per heavy atom. The average molecular weight is 287 g/mol. The third-order valence-electron chi connectivity index (χ3n) is 3.90. The average Bonchev–Trinajstić information content (AvgIpc) is 2.49. The van der Waals surface area contributed by atoms with E-state index in [0.717, 1.165) is 48.3 Å². The molecule has 0 unspecified atom stereocenters. The molecule has 2 aromatic carbocycles. The molecule has 0 aliphatic heterocycles. The fraction of sp³-hybridized carbons (Fsp3) is 0.444. The highest BCUT2D eigenvalue weighted by Crippen LogP contribution is 2.37. The summed E-state index contributed by atoms with van der Waals surface area (Å²) in [5.41, 5.74) is 9.83. The lowest BCUT2D eigenvalue weighted by atomic mass is 9.91. The number of hydrogen-bond donors (Lipinski definition) is 1. The molecule has 0 saturated heterocycles. The van der Waals surface area contributed by atoms with Gasteiger partial charge in [-0.3, -0.25) is 0 Å². The molecule has 2 aromatic rings. The number of methoxy groups -OCH3 is 2. The van der Waals surface area contributed by atoms with E-state index in [4.69, 9.17) is 15.2 Å². The Kier molecular flexibility index (Phi) is 4.94. The highest BCUT2D eigenvalue weighted by atomic mass is 16.5. The van der Waals surface area contributed by atoms with Gasteiger partial charge in [-0.15, -0.1) is 0 Å². The van der Waals surface area contributed by atoms with Crippen LogP contribution in [0.4, 0.5) is 5.69 Å². The normalized spacial score (nSPS) is 10.9. The van der Waals surface area contributed by atoms with Crippen molar-refractivity contribution in [2.75, 3.05) is 20.0 Å². The van der Waals surface area contributed by atoms with Gasteiger partial charge in [0.2, 0.25) is 0 Å². The first kappa shape index (κ1) is 15.5. The van der Waals surface area contributed by atoms with Crippen molar-refractivity contribution >= 4 is 16.5 Å². The van der Waals surface area contributed by atoms with Gasteiger partial charge < -0.3 is 15.2 Å². The van der Waals surface area contributed by atoms with Crippen molar-refractivity contribution in [1.82, 2.24) is 0 Å². The second kappa shape index (κ2) is 6.70. The molecule has 0 atom stereocenters. The molecule has 114 valence electrons. The van der Waals surface area contributed by atoms with Gasteiger partial charge in [-0.2, -0.15) is 0 Å². The number of aryl methyl sites for hydroxylation is 1. The summed E-state index contributed by atoms with van der Waals surface area (Å²) >= 11 is 0. The summed E-state index contributed by atoms with van der Waals surface area (Å²) in [4.78, 5) is 0. The summed E-state index contributed by atoms with van der Waals surface area (Å²) in [6.45, 7) is 4.39. The number of rotatable bonds is 6. The fourth-order valence-corrected chi connectivity index (χ4v) is 2.95. The predicted octanol–water partition coefficient (Wildman–Crippen LogP) is 4.34. The van der Waals surface area contributed by atoms with Crippen LogP contribution in [0.3, 0.4) is 0 Å². The van der Waals surface area contributed by atoms with E-state index >= 15 is 0 Å². The molecular formula is C18H25NO2. The van der Waals surface area contributed by atoms with E-state index in [0.29, 0.717) is 0 Å². The third kappa shape index (κ3) is 2.92. The maximum atomic E-state index is 6.29. The second-order valence-corrected chi connectivity index (χ2v) is 5.35. The van der Waals surface area contributed by atoms with Crippen LogP contribution in [-0.4, -0.2) is 14.2 Å². The molecule has 0 spiro atoms. The number of anilines is 1. The van der Waals surface area contributed by atoms with E-state index < -0.39 is 0 Å². The van der Waals surface area contributed by atoms with Gasteiger partial charge >= 0.3 is 0 Å². The fourth-order valence-electron chi connectivity index (χ4n) is 2.95. The number of ether oxygens (including phenoxy) is 2. The number of nitrogens with two attached hydrogens (primary N) is 1. The number of hydrogen-bond acceptors (Lipinski definition) is 3. The van der Waals surface area contributed by atoms with Crippen LogP contribution in [-0.2, 0) is 12.8 Å². The summed E-state index contributed by atoms with van der Waals surface area (Å²) in [5, 5.41) is 2.35. The molecule has 3 heteroatoms. The molecule has 0 amide bonds. The Bertz CT molecular complexity index is 635.